The number of allylic oxidation sites excluding steroid dienone is 5. The number of rotatable bonds is 4. The third-order valence-electron chi connectivity index (χ3n) is 3.75. The summed E-state index contributed by atoms with van der Waals surface area (Å²) in [7, 11) is 0. The number of thiophene rings is 1. The molecule has 0 fully saturated rings. The largest absolute Gasteiger partial charge is 0.323 e. The molecule has 1 N–H and O–H groups in total. The smallest absolute Gasteiger partial charge is 0.268 e. The molecule has 2 heterocycles. The fraction of sp³-hybridized carbons (Fsp3) is 0.0526. The molecule has 0 amide bonds. The number of aromatic amines is 1. The van der Waals surface area contributed by atoms with Crippen LogP contribution in [0.5, 0.6) is 0 Å². The number of benzene rings is 1. The number of aromatic nitrogens is 2. The molecule has 1 aromatic carbocycles. The minimum absolute atomic E-state index is 0.176. The maximum Gasteiger partial charge on any atom is 0.268 e. The average molecular weight is 405 g/mol. The molecule has 7 heteroatoms. The minimum atomic E-state index is -0.452. The fourth-order valence-electron chi connectivity index (χ4n) is 2.61. The van der Waals surface area contributed by atoms with Gasteiger partial charge in [0.05, 0.1) is 11.1 Å². The Morgan fingerprint density at radius 3 is 2.88 bits per heavy atom. The standard InChI is InChI=1S/C19H14ClFN2OS2/c1-3-5-7-11(4-2)14-15-17(26-16(14)20)22-19(25)23(18(15)24)13-9-6-8-12(21)10-13/h3-10H,2H2,1H3,(H,22,25)/b5-3-,11-7+. The van der Waals surface area contributed by atoms with Crippen molar-refractivity contribution in [3.05, 3.63) is 86.0 Å². The first kappa shape index (κ1) is 18.5. The predicted octanol–water partition coefficient (Wildman–Crippen LogP) is 6.05. The van der Waals surface area contributed by atoms with Crippen LogP contribution in [0.4, 0.5) is 4.39 Å². The number of nitrogens with zero attached hydrogens (tertiary/aromatic N) is 1. The second-order valence-corrected chi connectivity index (χ2v) is 7.37. The van der Waals surface area contributed by atoms with Crippen LogP contribution in [0.2, 0.25) is 4.34 Å². The number of hydrogen-bond donors (Lipinski definition) is 1. The van der Waals surface area contributed by atoms with E-state index in [9.17, 15) is 9.18 Å². The topological polar surface area (TPSA) is 37.8 Å². The van der Waals surface area contributed by atoms with Crippen LogP contribution in [-0.2, 0) is 0 Å². The molecule has 0 saturated heterocycles. The molecule has 0 bridgehead atoms. The van der Waals surface area contributed by atoms with Crippen molar-refractivity contribution in [2.45, 2.75) is 6.92 Å². The fourth-order valence-corrected chi connectivity index (χ4v) is 4.34. The van der Waals surface area contributed by atoms with Crippen LogP contribution in [0.1, 0.15) is 12.5 Å². The molecule has 132 valence electrons. The average Bonchev–Trinajstić information content (AvgIpc) is 2.92. The van der Waals surface area contributed by atoms with E-state index in [0.717, 1.165) is 0 Å². The van der Waals surface area contributed by atoms with Crippen molar-refractivity contribution in [1.82, 2.24) is 9.55 Å². The monoisotopic (exact) mass is 404 g/mol. The SMILES string of the molecule is C=C/C(=C\C=C/C)c1c(Cl)sc2[nH]c(=S)n(-c3cccc(F)c3)c(=O)c12. The highest BCUT2D eigenvalue weighted by Gasteiger charge is 2.19. The van der Waals surface area contributed by atoms with Crippen molar-refractivity contribution >= 4 is 50.9 Å². The summed E-state index contributed by atoms with van der Waals surface area (Å²) in [6.45, 7) is 5.70. The normalized spacial score (nSPS) is 12.2. The molecule has 0 unspecified atom stereocenters. The van der Waals surface area contributed by atoms with E-state index >= 15 is 0 Å². The van der Waals surface area contributed by atoms with Crippen LogP contribution in [0, 0.1) is 10.6 Å². The first-order valence-corrected chi connectivity index (χ1v) is 9.27. The second-order valence-electron chi connectivity index (χ2n) is 5.36. The van der Waals surface area contributed by atoms with E-state index in [1.807, 2.05) is 25.2 Å². The Hall–Kier alpha value is -2.28. The first-order chi connectivity index (χ1) is 12.5. The summed E-state index contributed by atoms with van der Waals surface area (Å²) < 4.78 is 15.5. The molecule has 3 rings (SSSR count). The van der Waals surface area contributed by atoms with Crippen LogP contribution < -0.4 is 5.56 Å². The molecule has 2 aromatic heterocycles. The molecular formula is C19H14ClFN2OS2. The number of H-pyrrole nitrogens is 1. The summed E-state index contributed by atoms with van der Waals surface area (Å²) in [6, 6.07) is 5.72. The molecule has 3 nitrogen and oxygen atoms in total. The highest BCUT2D eigenvalue weighted by molar-refractivity contribution is 7.71. The molecule has 0 aliphatic heterocycles. The van der Waals surface area contributed by atoms with Gasteiger partial charge in [-0.05, 0) is 42.9 Å². The Balaban J connectivity index is 2.42. The van der Waals surface area contributed by atoms with Gasteiger partial charge in [-0.25, -0.2) is 4.39 Å². The maximum absolute atomic E-state index is 13.6. The number of fused-ring (bicyclic) bond motifs is 1. The zero-order chi connectivity index (χ0) is 18.8. The number of nitrogens with one attached hydrogen (secondary N) is 1. The highest BCUT2D eigenvalue weighted by Crippen LogP contribution is 2.37. The van der Waals surface area contributed by atoms with E-state index in [1.165, 1.54) is 34.1 Å². The predicted molar refractivity (Wildman–Crippen MR) is 111 cm³/mol. The second kappa shape index (κ2) is 7.53. The Kier molecular flexibility index (Phi) is 5.36. The van der Waals surface area contributed by atoms with Gasteiger partial charge >= 0.3 is 0 Å². The summed E-state index contributed by atoms with van der Waals surface area (Å²) in [5.41, 5.74) is 1.29. The Morgan fingerprint density at radius 1 is 1.46 bits per heavy atom. The molecule has 0 saturated carbocycles. The van der Waals surface area contributed by atoms with E-state index in [-0.39, 0.29) is 10.3 Å². The van der Waals surface area contributed by atoms with Crippen molar-refractivity contribution in [3.63, 3.8) is 0 Å². The third-order valence-corrected chi connectivity index (χ3v) is 5.35. The van der Waals surface area contributed by atoms with Crippen LogP contribution in [0.15, 0.2) is 59.9 Å². The zero-order valence-electron chi connectivity index (χ0n) is 13.8. The maximum atomic E-state index is 13.6. The third kappa shape index (κ3) is 3.23. The lowest BCUT2D eigenvalue weighted by atomic mass is 10.1. The van der Waals surface area contributed by atoms with Gasteiger partial charge in [-0.2, -0.15) is 0 Å². The van der Waals surface area contributed by atoms with Gasteiger partial charge in [0.2, 0.25) is 0 Å². The van der Waals surface area contributed by atoms with Crippen molar-refractivity contribution < 1.29 is 4.39 Å². The molecule has 0 aliphatic rings. The van der Waals surface area contributed by atoms with Gasteiger partial charge in [0.15, 0.2) is 4.77 Å². The lowest BCUT2D eigenvalue weighted by Gasteiger charge is -2.08. The molecule has 3 aromatic rings. The van der Waals surface area contributed by atoms with E-state index < -0.39 is 5.82 Å². The van der Waals surface area contributed by atoms with Crippen LogP contribution in [0.25, 0.3) is 21.5 Å². The van der Waals surface area contributed by atoms with Gasteiger partial charge in [-0.3, -0.25) is 9.36 Å². The van der Waals surface area contributed by atoms with E-state index in [0.29, 0.717) is 31.4 Å². The van der Waals surface area contributed by atoms with Crippen molar-refractivity contribution in [2.75, 3.05) is 0 Å². The van der Waals surface area contributed by atoms with Crippen molar-refractivity contribution in [1.29, 1.82) is 0 Å². The summed E-state index contributed by atoms with van der Waals surface area (Å²) in [5.74, 6) is -0.452. The van der Waals surface area contributed by atoms with Crippen molar-refractivity contribution in [3.8, 4) is 5.69 Å². The van der Waals surface area contributed by atoms with E-state index in [2.05, 4.69) is 11.6 Å². The van der Waals surface area contributed by atoms with Gasteiger partial charge in [-0.1, -0.05) is 48.6 Å². The van der Waals surface area contributed by atoms with Gasteiger partial charge in [0.1, 0.15) is 15.0 Å². The molecular weight excluding hydrogens is 391 g/mol. The van der Waals surface area contributed by atoms with Gasteiger partial charge in [-0.15, -0.1) is 11.3 Å². The summed E-state index contributed by atoms with van der Waals surface area (Å²) in [6.07, 6.45) is 7.17. The molecule has 0 aliphatic carbocycles. The van der Waals surface area contributed by atoms with E-state index in [1.54, 1.807) is 12.1 Å². The van der Waals surface area contributed by atoms with Crippen LogP contribution >= 0.6 is 35.2 Å². The number of hydrogen-bond acceptors (Lipinski definition) is 3. The van der Waals surface area contributed by atoms with Gasteiger partial charge in [0.25, 0.3) is 5.56 Å². The summed E-state index contributed by atoms with van der Waals surface area (Å²) in [5, 5.41) is 0.397. The van der Waals surface area contributed by atoms with Crippen molar-refractivity contribution in [2.24, 2.45) is 0 Å². The quantitative estimate of drug-likeness (QED) is 0.424. The van der Waals surface area contributed by atoms with Crippen LogP contribution in [-0.4, -0.2) is 9.55 Å². The first-order valence-electron chi connectivity index (χ1n) is 7.67. The highest BCUT2D eigenvalue weighted by atomic mass is 35.5. The number of halogens is 2. The molecule has 0 atom stereocenters. The molecule has 0 radical (unpaired) electrons. The minimum Gasteiger partial charge on any atom is -0.323 e. The Bertz CT molecular complexity index is 1180. The van der Waals surface area contributed by atoms with E-state index in [4.69, 9.17) is 23.8 Å². The zero-order valence-corrected chi connectivity index (χ0v) is 16.1. The lowest BCUT2D eigenvalue weighted by molar-refractivity contribution is 0.626. The van der Waals surface area contributed by atoms with Crippen LogP contribution in [0.3, 0.4) is 0 Å². The Labute approximate surface area is 163 Å². The molecule has 26 heavy (non-hydrogen) atoms. The van der Waals surface area contributed by atoms with Gasteiger partial charge < -0.3 is 4.98 Å². The lowest BCUT2D eigenvalue weighted by Crippen LogP contribution is -2.20. The molecule has 0 spiro atoms. The Morgan fingerprint density at radius 2 is 2.23 bits per heavy atom. The summed E-state index contributed by atoms with van der Waals surface area (Å²) in [4.78, 5) is 16.8. The summed E-state index contributed by atoms with van der Waals surface area (Å²) >= 11 is 13.0. The van der Waals surface area contributed by atoms with Gasteiger partial charge in [0, 0.05) is 5.56 Å².